The predicted molar refractivity (Wildman–Crippen MR) is 38.4 cm³/mol. The Morgan fingerprint density at radius 1 is 0.706 bits per heavy atom. The Labute approximate surface area is 105 Å². The van der Waals surface area contributed by atoms with Crippen LogP contribution in [0.25, 0.3) is 0 Å². The molecule has 0 fully saturated rings. The van der Waals surface area contributed by atoms with E-state index in [1.54, 1.807) is 0 Å². The second kappa shape index (κ2) is 10.8. The number of hydrogen-bond donors (Lipinski definition) is 1. The van der Waals surface area contributed by atoms with E-state index in [1.165, 1.54) is 0 Å². The van der Waals surface area contributed by atoms with Gasteiger partial charge >= 0.3 is 27.8 Å². The van der Waals surface area contributed by atoms with Crippen molar-refractivity contribution < 1.29 is 60.0 Å². The Hall–Kier alpha value is -0.344. The molecule has 0 bridgehead atoms. The molecule has 0 saturated carbocycles. The Bertz CT molecular complexity index is 285. The molecule has 17 heavy (non-hydrogen) atoms. The van der Waals surface area contributed by atoms with Gasteiger partial charge < -0.3 is 29.0 Å². The molecule has 0 radical (unpaired) electrons. The molecule has 0 aromatic rings. The maximum Gasteiger partial charge on any atom is 3.00 e. The first-order valence-electron chi connectivity index (χ1n) is 2.50. The second-order valence-corrected chi connectivity index (χ2v) is 3.23. The number of nitrogens with one attached hydrogen (secondary N) is 1. The van der Waals surface area contributed by atoms with Gasteiger partial charge in [-0.2, -0.15) is 26.3 Å². The Balaban J connectivity index is -0.0000000823. The van der Waals surface area contributed by atoms with Crippen LogP contribution in [0.3, 0.4) is 0 Å². The molecule has 0 aliphatic heterocycles. The van der Waals surface area contributed by atoms with E-state index in [1.807, 2.05) is 0 Å². The molecule has 0 rings (SSSR count). The fraction of sp³-hybridized carbons (Fsp3) is 0.667. The van der Waals surface area contributed by atoms with E-state index in [-0.39, 0.29) is 16.8 Å². The zero-order valence-corrected chi connectivity index (χ0v) is 9.80. The Morgan fingerprint density at radius 2 is 0.765 bits per heavy atom. The molecule has 0 atom stereocenters. The van der Waals surface area contributed by atoms with Gasteiger partial charge in [-0.15, -0.1) is 0 Å². The fourth-order valence-electron chi connectivity index (χ4n) is 0. The number of halogens is 6. The van der Waals surface area contributed by atoms with E-state index in [0.717, 1.165) is 0 Å². The molecule has 14 heteroatoms. The minimum atomic E-state index is -5.08. The van der Waals surface area contributed by atoms with E-state index in [2.05, 4.69) is 6.72 Å². The van der Waals surface area contributed by atoms with Gasteiger partial charge in [0.25, 0.3) is 0 Å². The summed E-state index contributed by atoms with van der Waals surface area (Å²) in [5, 5.41) is 5.25. The van der Waals surface area contributed by atoms with Crippen LogP contribution >= 0.6 is 0 Å². The molecule has 0 aliphatic rings. The van der Waals surface area contributed by atoms with Gasteiger partial charge in [-0.05, 0) is 0 Å². The third-order valence-corrected chi connectivity index (χ3v) is 1.13. The molecule has 0 spiro atoms. The molecule has 0 aromatic carbocycles. The van der Waals surface area contributed by atoms with Crippen LogP contribution in [0.5, 0.6) is 0 Å². The molecular formula is C3H2CoF6NO4S2. The molecule has 0 unspecified atom stereocenters. The molecule has 1 N–H and O–H groups in total. The Kier molecular flexibility index (Phi) is 16.2. The van der Waals surface area contributed by atoms with Crippen molar-refractivity contribution in [3.8, 4) is 0 Å². The van der Waals surface area contributed by atoms with Gasteiger partial charge in [-0.3, -0.25) is 0 Å². The van der Waals surface area contributed by atoms with Gasteiger partial charge in [0.1, 0.15) is 0 Å². The SMILES string of the molecule is O=[S-](=O)C(F)(F)F.O=[S-](=O)C(F)(F)F.[CH-]=N.[Co+3]. The molecule has 5 nitrogen and oxygen atoms in total. The van der Waals surface area contributed by atoms with Crippen LogP contribution in [0, 0.1) is 5.41 Å². The van der Waals surface area contributed by atoms with Crippen LogP contribution in [-0.4, -0.2) is 17.7 Å². The van der Waals surface area contributed by atoms with Crippen molar-refractivity contribution in [2.75, 3.05) is 0 Å². The Morgan fingerprint density at radius 3 is 0.765 bits per heavy atom. The molecule has 0 amide bonds. The zero-order valence-electron chi connectivity index (χ0n) is 7.13. The average Bonchev–Trinajstić information content (AvgIpc) is 2.05. The summed E-state index contributed by atoms with van der Waals surface area (Å²) in [5.41, 5.74) is -10.2. The molecule has 106 valence electrons. The van der Waals surface area contributed by atoms with E-state index < -0.39 is 32.4 Å². The second-order valence-electron chi connectivity index (χ2n) is 1.36. The maximum atomic E-state index is 10.6. The third-order valence-electron chi connectivity index (χ3n) is 0.378. The van der Waals surface area contributed by atoms with Gasteiger partial charge in [0, 0.05) is 21.4 Å². The zero-order chi connectivity index (χ0) is 14.2. The quantitative estimate of drug-likeness (QED) is 0.311. The molecule has 0 aliphatic carbocycles. The summed E-state index contributed by atoms with van der Waals surface area (Å²) in [4.78, 5) is 0. The summed E-state index contributed by atoms with van der Waals surface area (Å²) < 4.78 is 99.0. The summed E-state index contributed by atoms with van der Waals surface area (Å²) in [6.45, 7) is 3.75. The summed E-state index contributed by atoms with van der Waals surface area (Å²) in [6.07, 6.45) is 0. The average molecular weight is 353 g/mol. The van der Waals surface area contributed by atoms with Gasteiger partial charge in [0.05, 0.1) is 0 Å². The molecule has 0 saturated heterocycles. The van der Waals surface area contributed by atoms with Gasteiger partial charge in [0.2, 0.25) is 0 Å². The van der Waals surface area contributed by atoms with Crippen LogP contribution in [0.4, 0.5) is 26.3 Å². The van der Waals surface area contributed by atoms with E-state index in [0.29, 0.717) is 0 Å². The summed E-state index contributed by atoms with van der Waals surface area (Å²) >= 11 is 0. The molecule has 0 aromatic heterocycles. The summed E-state index contributed by atoms with van der Waals surface area (Å²) in [7, 11) is -7.87. The first-order valence-corrected chi connectivity index (χ1v) is 4.65. The fourth-order valence-corrected chi connectivity index (χ4v) is 0. The normalized spacial score (nSPS) is 10.6. The van der Waals surface area contributed by atoms with Crippen molar-refractivity contribution in [2.24, 2.45) is 0 Å². The van der Waals surface area contributed by atoms with Gasteiger partial charge in [-0.25, -0.2) is 0 Å². The van der Waals surface area contributed by atoms with Crippen molar-refractivity contribution in [1.29, 1.82) is 5.41 Å². The summed E-state index contributed by atoms with van der Waals surface area (Å²) in [5.74, 6) is 0. The van der Waals surface area contributed by atoms with E-state index in [9.17, 15) is 26.3 Å². The first-order chi connectivity index (χ1) is 6.89. The predicted octanol–water partition coefficient (Wildman–Crippen LogP) is 1.77. The minimum absolute atomic E-state index is 0. The first kappa shape index (κ1) is 25.5. The summed E-state index contributed by atoms with van der Waals surface area (Å²) in [6, 6.07) is 0. The van der Waals surface area contributed by atoms with Crippen molar-refractivity contribution in [3.05, 3.63) is 0 Å². The smallest absolute Gasteiger partial charge is 0.522 e. The molecule has 0 heterocycles. The van der Waals surface area contributed by atoms with Crippen LogP contribution < -0.4 is 0 Å². The van der Waals surface area contributed by atoms with Crippen LogP contribution in [0.1, 0.15) is 0 Å². The van der Waals surface area contributed by atoms with E-state index in [4.69, 9.17) is 22.2 Å². The van der Waals surface area contributed by atoms with Crippen LogP contribution in [0.2, 0.25) is 0 Å². The number of hydrogen-bond acceptors (Lipinski definition) is 7. The van der Waals surface area contributed by atoms with Crippen molar-refractivity contribution in [3.63, 3.8) is 0 Å². The monoisotopic (exact) mass is 353 g/mol. The minimum Gasteiger partial charge on any atom is -0.522 e. The largest absolute Gasteiger partial charge is 3.00 e. The van der Waals surface area contributed by atoms with Crippen molar-refractivity contribution in [1.82, 2.24) is 0 Å². The molecular weight excluding hydrogens is 351 g/mol. The van der Waals surface area contributed by atoms with Crippen LogP contribution in [-0.2, 0) is 55.0 Å². The number of rotatable bonds is 0. The topological polar surface area (TPSA) is 92.1 Å². The maximum absolute atomic E-state index is 10.6. The van der Waals surface area contributed by atoms with Crippen molar-refractivity contribution in [2.45, 2.75) is 11.0 Å². The number of alkyl halides is 6. The third kappa shape index (κ3) is 21.5. The van der Waals surface area contributed by atoms with Gasteiger partial charge in [0.15, 0.2) is 0 Å². The standard InChI is InChI=1S/2CF3O2S.CH2N.Co/c2*2-1(3,4)7(5)6;1-2;/h;;1-2H;/q3*-1;+3. The van der Waals surface area contributed by atoms with E-state index >= 15 is 0 Å². The van der Waals surface area contributed by atoms with Gasteiger partial charge in [-0.1, -0.05) is 0 Å². The van der Waals surface area contributed by atoms with Crippen LogP contribution in [0.15, 0.2) is 0 Å². The van der Waals surface area contributed by atoms with Crippen molar-refractivity contribution >= 4 is 28.1 Å².